The molecule has 0 spiro atoms. The third-order valence-electron chi connectivity index (χ3n) is 4.65. The number of phenolic OH excluding ortho intramolecular Hbond substituents is 1. The van der Waals surface area contributed by atoms with Gasteiger partial charge in [0.05, 0.1) is 12.7 Å². The van der Waals surface area contributed by atoms with Crippen LogP contribution in [-0.4, -0.2) is 65.9 Å². The Kier molecular flexibility index (Phi) is 7.88. The predicted octanol–water partition coefficient (Wildman–Crippen LogP) is 2.39. The summed E-state index contributed by atoms with van der Waals surface area (Å²) in [6.45, 7) is 4.43. The minimum Gasteiger partial charge on any atom is -0.508 e. The van der Waals surface area contributed by atoms with Gasteiger partial charge in [-0.1, -0.05) is 6.07 Å². The molecule has 2 N–H and O–H groups in total. The van der Waals surface area contributed by atoms with E-state index in [0.717, 1.165) is 23.6 Å². The van der Waals surface area contributed by atoms with Crippen LogP contribution in [-0.2, 0) is 15.2 Å². The number of aromatic nitrogens is 1. The molecule has 1 fully saturated rings. The van der Waals surface area contributed by atoms with E-state index in [1.165, 1.54) is 12.1 Å². The first-order valence-electron chi connectivity index (χ1n) is 9.54. The quantitative estimate of drug-likeness (QED) is 0.638. The van der Waals surface area contributed by atoms with Gasteiger partial charge in [0.2, 0.25) is 0 Å². The van der Waals surface area contributed by atoms with E-state index in [2.05, 4.69) is 21.3 Å². The molecule has 2 atom stereocenters. The molecule has 3 rings (SSSR count). The van der Waals surface area contributed by atoms with Gasteiger partial charge in [-0.2, -0.15) is 0 Å². The second-order valence-electron chi connectivity index (χ2n) is 6.91. The van der Waals surface area contributed by atoms with Gasteiger partial charge < -0.3 is 19.9 Å². The van der Waals surface area contributed by atoms with Crippen molar-refractivity contribution < 1.29 is 19.4 Å². The Morgan fingerprint density at radius 2 is 2.17 bits per heavy atom. The summed E-state index contributed by atoms with van der Waals surface area (Å²) in [7, 11) is 1.71. The Hall–Kier alpha value is -2.13. The van der Waals surface area contributed by atoms with E-state index in [1.807, 2.05) is 19.2 Å². The van der Waals surface area contributed by atoms with Crippen LogP contribution in [0.3, 0.4) is 0 Å². The number of carbonyl (C=O) groups excluding carboxylic acids is 1. The van der Waals surface area contributed by atoms with Crippen LogP contribution in [0.5, 0.6) is 5.75 Å². The predicted molar refractivity (Wildman–Crippen MR) is 113 cm³/mol. The monoisotopic (exact) mass is 417 g/mol. The zero-order valence-corrected chi connectivity index (χ0v) is 17.5. The van der Waals surface area contributed by atoms with Crippen molar-refractivity contribution in [1.29, 1.82) is 0 Å². The lowest BCUT2D eigenvalue weighted by Gasteiger charge is -2.37. The third kappa shape index (κ3) is 6.43. The molecule has 1 aromatic carbocycles. The second kappa shape index (κ2) is 10.6. The highest BCUT2D eigenvalue weighted by Crippen LogP contribution is 2.23. The van der Waals surface area contributed by atoms with Crippen molar-refractivity contribution in [2.45, 2.75) is 24.3 Å². The summed E-state index contributed by atoms with van der Waals surface area (Å²) in [5.74, 6) is 0.762. The van der Waals surface area contributed by atoms with Crippen LogP contribution >= 0.6 is 11.8 Å². The number of hydrogen-bond donors (Lipinski definition) is 2. The van der Waals surface area contributed by atoms with Gasteiger partial charge in [-0.25, -0.2) is 0 Å². The fourth-order valence-electron chi connectivity index (χ4n) is 3.05. The molecule has 8 heteroatoms. The first-order chi connectivity index (χ1) is 14.0. The molecule has 2 aromatic rings. The Morgan fingerprint density at radius 3 is 2.86 bits per heavy atom. The third-order valence-corrected chi connectivity index (χ3v) is 5.93. The molecule has 7 nitrogen and oxygen atoms in total. The molecule has 0 radical (unpaired) electrons. The zero-order valence-electron chi connectivity index (χ0n) is 16.7. The molecular weight excluding hydrogens is 390 g/mol. The maximum atomic E-state index is 12.3. The number of morpholine rings is 1. The van der Waals surface area contributed by atoms with E-state index in [0.29, 0.717) is 25.3 Å². The molecule has 0 saturated carbocycles. The van der Waals surface area contributed by atoms with Crippen LogP contribution < -0.4 is 5.32 Å². The average molecular weight is 418 g/mol. The van der Waals surface area contributed by atoms with Gasteiger partial charge in [0, 0.05) is 50.0 Å². The first kappa shape index (κ1) is 21.6. The van der Waals surface area contributed by atoms with Gasteiger partial charge in [0.25, 0.3) is 5.91 Å². The molecule has 0 aliphatic carbocycles. The fraction of sp³-hybridized carbons (Fsp3) is 0.429. The van der Waals surface area contributed by atoms with E-state index in [-0.39, 0.29) is 23.3 Å². The molecule has 2 unspecified atom stereocenters. The maximum Gasteiger partial charge on any atom is 0.251 e. The lowest BCUT2D eigenvalue weighted by atomic mass is 10.2. The minimum atomic E-state index is -0.185. The summed E-state index contributed by atoms with van der Waals surface area (Å²) in [6, 6.07) is 10.3. The first-order valence-corrected chi connectivity index (χ1v) is 10.6. The average Bonchev–Trinajstić information content (AvgIpc) is 2.74. The van der Waals surface area contributed by atoms with Gasteiger partial charge in [0.15, 0.2) is 5.56 Å². The van der Waals surface area contributed by atoms with Crippen molar-refractivity contribution in [2.75, 3.05) is 33.4 Å². The fourth-order valence-corrected chi connectivity index (χ4v) is 4.10. The number of nitrogens with one attached hydrogen (secondary N) is 1. The number of aromatic hydroxyl groups is 1. The van der Waals surface area contributed by atoms with Crippen molar-refractivity contribution in [3.05, 3.63) is 59.4 Å². The summed E-state index contributed by atoms with van der Waals surface area (Å²) < 4.78 is 11.5. The number of nitrogens with zero attached hydrogens (tertiary/aromatic N) is 2. The highest BCUT2D eigenvalue weighted by atomic mass is 32.2. The molecule has 156 valence electrons. The molecule has 0 bridgehead atoms. The largest absolute Gasteiger partial charge is 0.508 e. The highest BCUT2D eigenvalue weighted by molar-refractivity contribution is 7.98. The maximum absolute atomic E-state index is 12.3. The van der Waals surface area contributed by atoms with E-state index >= 15 is 0 Å². The SMILES string of the molecule is COC(SCc1ccc(C)nc1)N1CCOC(CNC(=O)c2ccc(O)cc2)C1. The van der Waals surface area contributed by atoms with Crippen LogP contribution in [0.25, 0.3) is 0 Å². The lowest BCUT2D eigenvalue weighted by molar-refractivity contribution is -0.0730. The number of phenols is 1. The number of hydrogen-bond acceptors (Lipinski definition) is 7. The summed E-state index contributed by atoms with van der Waals surface area (Å²) >= 11 is 1.71. The van der Waals surface area contributed by atoms with Crippen LogP contribution in [0.4, 0.5) is 0 Å². The Labute approximate surface area is 175 Å². The normalized spacial score (nSPS) is 18.3. The van der Waals surface area contributed by atoms with Crippen LogP contribution in [0, 0.1) is 6.92 Å². The standard InChI is InChI=1S/C21H27N3O4S/c1-15-3-4-16(11-22-15)14-29-21(27-2)24-9-10-28-19(13-24)12-23-20(26)17-5-7-18(25)8-6-17/h3-8,11,19,21,25H,9-10,12-14H2,1-2H3,(H,23,26). The lowest BCUT2D eigenvalue weighted by Crippen LogP contribution is -2.50. The highest BCUT2D eigenvalue weighted by Gasteiger charge is 2.27. The number of carbonyl (C=O) groups is 1. The molecule has 2 heterocycles. The Balaban J connectivity index is 1.48. The van der Waals surface area contributed by atoms with E-state index in [4.69, 9.17) is 9.47 Å². The van der Waals surface area contributed by atoms with Crippen molar-refractivity contribution >= 4 is 17.7 Å². The minimum absolute atomic E-state index is 0.0875. The molecule has 1 saturated heterocycles. The number of amides is 1. The zero-order chi connectivity index (χ0) is 20.6. The number of aryl methyl sites for hydroxylation is 1. The van der Waals surface area contributed by atoms with Crippen LogP contribution in [0.15, 0.2) is 42.6 Å². The smallest absolute Gasteiger partial charge is 0.251 e. The topological polar surface area (TPSA) is 83.9 Å². The van der Waals surface area contributed by atoms with Crippen molar-refractivity contribution in [3.8, 4) is 5.75 Å². The summed E-state index contributed by atoms with van der Waals surface area (Å²) in [4.78, 5) is 18.8. The number of methoxy groups -OCH3 is 1. The Morgan fingerprint density at radius 1 is 1.38 bits per heavy atom. The summed E-state index contributed by atoms with van der Waals surface area (Å²) in [6.07, 6.45) is 1.79. The van der Waals surface area contributed by atoms with E-state index in [1.54, 1.807) is 31.0 Å². The number of rotatable bonds is 8. The van der Waals surface area contributed by atoms with Gasteiger partial charge in [-0.3, -0.25) is 14.7 Å². The molecule has 1 aromatic heterocycles. The number of thioether (sulfide) groups is 1. The summed E-state index contributed by atoms with van der Waals surface area (Å²) in [5.41, 5.74) is 2.59. The summed E-state index contributed by atoms with van der Waals surface area (Å²) in [5, 5.41) is 12.2. The van der Waals surface area contributed by atoms with Gasteiger partial charge in [0.1, 0.15) is 5.75 Å². The van der Waals surface area contributed by atoms with Gasteiger partial charge in [-0.15, -0.1) is 11.8 Å². The number of pyridine rings is 1. The number of benzene rings is 1. The molecule has 29 heavy (non-hydrogen) atoms. The van der Waals surface area contributed by atoms with Gasteiger partial charge >= 0.3 is 0 Å². The van der Waals surface area contributed by atoms with Crippen molar-refractivity contribution in [3.63, 3.8) is 0 Å². The van der Waals surface area contributed by atoms with Gasteiger partial charge in [-0.05, 0) is 42.8 Å². The van der Waals surface area contributed by atoms with Crippen LogP contribution in [0.2, 0.25) is 0 Å². The molecule has 1 amide bonds. The van der Waals surface area contributed by atoms with Crippen LogP contribution in [0.1, 0.15) is 21.6 Å². The molecule has 1 aliphatic rings. The van der Waals surface area contributed by atoms with E-state index in [9.17, 15) is 9.90 Å². The molecule has 1 aliphatic heterocycles. The molecular formula is C21H27N3O4S. The number of ether oxygens (including phenoxy) is 2. The second-order valence-corrected chi connectivity index (χ2v) is 7.93. The van der Waals surface area contributed by atoms with Crippen molar-refractivity contribution in [2.24, 2.45) is 0 Å². The van der Waals surface area contributed by atoms with E-state index < -0.39 is 0 Å². The van der Waals surface area contributed by atoms with Crippen molar-refractivity contribution in [1.82, 2.24) is 15.2 Å². The Bertz CT molecular complexity index is 786.